The molecule has 1 aromatic rings. The van der Waals surface area contributed by atoms with Crippen molar-refractivity contribution in [2.45, 2.75) is 19.0 Å². The van der Waals surface area contributed by atoms with Gasteiger partial charge in [-0.05, 0) is 27.4 Å². The predicted octanol–water partition coefficient (Wildman–Crippen LogP) is 0.929. The Labute approximate surface area is 105 Å². The zero-order valence-corrected chi connectivity index (χ0v) is 10.7. The van der Waals surface area contributed by atoms with Gasteiger partial charge in [-0.3, -0.25) is 9.59 Å². The first kappa shape index (κ1) is 13.1. The number of carboxylic acids is 1. The minimum atomic E-state index is -1.08. The summed E-state index contributed by atoms with van der Waals surface area (Å²) in [5.74, 6) is -1.54. The van der Waals surface area contributed by atoms with Crippen LogP contribution in [0.4, 0.5) is 0 Å². The number of thiophene rings is 1. The topological polar surface area (TPSA) is 92.4 Å². The summed E-state index contributed by atoms with van der Waals surface area (Å²) in [6, 6.07) is 0.875. The average molecular weight is 307 g/mol. The molecule has 0 aliphatic carbocycles. The second-order valence-electron chi connectivity index (χ2n) is 3.11. The third-order valence-electron chi connectivity index (χ3n) is 1.85. The lowest BCUT2D eigenvalue weighted by Gasteiger charge is -2.09. The summed E-state index contributed by atoms with van der Waals surface area (Å²) in [5, 5.41) is 12.9. The van der Waals surface area contributed by atoms with Gasteiger partial charge < -0.3 is 16.2 Å². The van der Waals surface area contributed by atoms with E-state index < -0.39 is 17.9 Å². The first-order chi connectivity index (χ1) is 7.50. The molecule has 0 radical (unpaired) electrons. The Balaban J connectivity index is 2.41. The van der Waals surface area contributed by atoms with Crippen molar-refractivity contribution < 1.29 is 14.7 Å². The number of aliphatic carboxylic acids is 1. The maximum Gasteiger partial charge on any atom is 0.305 e. The molecule has 1 aromatic heterocycles. The van der Waals surface area contributed by atoms with Crippen LogP contribution in [0.2, 0.25) is 0 Å². The summed E-state index contributed by atoms with van der Waals surface area (Å²) in [7, 11) is 0. The van der Waals surface area contributed by atoms with Gasteiger partial charge in [-0.1, -0.05) is 0 Å². The molecule has 0 aromatic carbocycles. The number of nitrogens with one attached hydrogen (secondary N) is 1. The van der Waals surface area contributed by atoms with Crippen molar-refractivity contribution in [2.75, 3.05) is 0 Å². The molecule has 1 heterocycles. The fourth-order valence-corrected chi connectivity index (χ4v) is 2.46. The number of carbonyl (C=O) groups is 2. The second kappa shape index (κ2) is 5.97. The molecule has 16 heavy (non-hydrogen) atoms. The molecule has 0 aliphatic heterocycles. The van der Waals surface area contributed by atoms with Crippen LogP contribution in [0, 0.1) is 0 Å². The van der Waals surface area contributed by atoms with Crippen LogP contribution in [-0.2, 0) is 16.1 Å². The van der Waals surface area contributed by atoms with Crippen LogP contribution < -0.4 is 11.1 Å². The highest BCUT2D eigenvalue weighted by atomic mass is 79.9. The van der Waals surface area contributed by atoms with Crippen LogP contribution in [0.3, 0.4) is 0 Å². The van der Waals surface area contributed by atoms with Gasteiger partial charge in [-0.2, -0.15) is 0 Å². The number of amides is 1. The zero-order valence-electron chi connectivity index (χ0n) is 8.27. The molecule has 0 fully saturated rings. The van der Waals surface area contributed by atoms with Gasteiger partial charge in [0.25, 0.3) is 0 Å². The van der Waals surface area contributed by atoms with Crippen molar-refractivity contribution >= 4 is 39.1 Å². The van der Waals surface area contributed by atoms with Gasteiger partial charge in [0, 0.05) is 9.35 Å². The smallest absolute Gasteiger partial charge is 0.305 e. The van der Waals surface area contributed by atoms with Crippen molar-refractivity contribution in [1.82, 2.24) is 5.32 Å². The van der Waals surface area contributed by atoms with Crippen LogP contribution >= 0.6 is 27.3 Å². The van der Waals surface area contributed by atoms with Crippen molar-refractivity contribution in [3.05, 3.63) is 20.8 Å². The number of carbonyl (C=O) groups excluding carboxylic acids is 1. The predicted molar refractivity (Wildman–Crippen MR) is 64.1 cm³/mol. The molecule has 1 amide bonds. The number of carboxylic acid groups (broad SMARTS) is 1. The van der Waals surface area contributed by atoms with E-state index in [4.69, 9.17) is 10.8 Å². The van der Waals surface area contributed by atoms with Gasteiger partial charge in [-0.25, -0.2) is 0 Å². The Kier molecular flexibility index (Phi) is 4.91. The molecule has 5 nitrogen and oxygen atoms in total. The van der Waals surface area contributed by atoms with E-state index in [1.807, 2.05) is 11.4 Å². The lowest BCUT2D eigenvalue weighted by atomic mass is 10.2. The highest BCUT2D eigenvalue weighted by Crippen LogP contribution is 2.22. The standard InChI is InChI=1S/C9H11BrN2O3S/c10-5-1-2-16-7(5)4-12-9(15)6(11)3-8(13)14/h1-2,6H,3-4,11H2,(H,12,15)(H,13,14). The van der Waals surface area contributed by atoms with Crippen molar-refractivity contribution in [1.29, 1.82) is 0 Å². The van der Waals surface area contributed by atoms with Crippen LogP contribution in [0.25, 0.3) is 0 Å². The van der Waals surface area contributed by atoms with Gasteiger partial charge in [0.15, 0.2) is 0 Å². The monoisotopic (exact) mass is 306 g/mol. The largest absolute Gasteiger partial charge is 0.481 e. The third-order valence-corrected chi connectivity index (χ3v) is 3.77. The number of rotatable bonds is 5. The quantitative estimate of drug-likeness (QED) is 0.754. The molecule has 0 bridgehead atoms. The SMILES string of the molecule is NC(CC(=O)O)C(=O)NCc1sccc1Br. The average Bonchev–Trinajstić information content (AvgIpc) is 2.59. The Bertz CT molecular complexity index is 394. The van der Waals surface area contributed by atoms with Gasteiger partial charge in [0.1, 0.15) is 0 Å². The van der Waals surface area contributed by atoms with E-state index in [2.05, 4.69) is 21.2 Å². The Hall–Kier alpha value is -0.920. The molecule has 7 heteroatoms. The van der Waals surface area contributed by atoms with Crippen molar-refractivity contribution in [2.24, 2.45) is 5.73 Å². The number of hydrogen-bond donors (Lipinski definition) is 3. The van der Waals surface area contributed by atoms with Gasteiger partial charge in [-0.15, -0.1) is 11.3 Å². The van der Waals surface area contributed by atoms with Gasteiger partial charge in [0.05, 0.1) is 19.0 Å². The maximum atomic E-state index is 11.4. The van der Waals surface area contributed by atoms with Crippen LogP contribution in [0.5, 0.6) is 0 Å². The van der Waals surface area contributed by atoms with Crippen LogP contribution in [0.1, 0.15) is 11.3 Å². The summed E-state index contributed by atoms with van der Waals surface area (Å²) < 4.78 is 0.921. The van der Waals surface area contributed by atoms with Crippen LogP contribution in [-0.4, -0.2) is 23.0 Å². The molecule has 0 saturated heterocycles. The minimum absolute atomic E-state index is 0.352. The molecule has 0 aliphatic rings. The molecule has 0 spiro atoms. The zero-order chi connectivity index (χ0) is 12.1. The normalized spacial score (nSPS) is 12.1. The van der Waals surface area contributed by atoms with Gasteiger partial charge in [0.2, 0.25) is 5.91 Å². The van der Waals surface area contributed by atoms with Gasteiger partial charge >= 0.3 is 5.97 Å². The molecular formula is C9H11BrN2O3S. The third kappa shape index (κ3) is 3.92. The summed E-state index contributed by atoms with van der Waals surface area (Å²) in [5.41, 5.74) is 5.39. The maximum absolute atomic E-state index is 11.4. The van der Waals surface area contributed by atoms with E-state index >= 15 is 0 Å². The van der Waals surface area contributed by atoms with E-state index in [0.29, 0.717) is 6.54 Å². The number of halogens is 1. The molecule has 1 rings (SSSR count). The fraction of sp³-hybridized carbons (Fsp3) is 0.333. The number of nitrogens with two attached hydrogens (primary N) is 1. The molecule has 88 valence electrons. The second-order valence-corrected chi connectivity index (χ2v) is 4.97. The summed E-state index contributed by atoms with van der Waals surface area (Å²) in [6.07, 6.45) is -0.364. The Morgan fingerprint density at radius 1 is 1.62 bits per heavy atom. The first-order valence-electron chi connectivity index (χ1n) is 4.47. The summed E-state index contributed by atoms with van der Waals surface area (Å²) >= 11 is 4.83. The molecule has 0 saturated carbocycles. The highest BCUT2D eigenvalue weighted by Gasteiger charge is 2.16. The Morgan fingerprint density at radius 2 is 2.31 bits per heavy atom. The van der Waals surface area contributed by atoms with E-state index in [9.17, 15) is 9.59 Å². The Morgan fingerprint density at radius 3 is 2.81 bits per heavy atom. The van der Waals surface area contributed by atoms with E-state index in [-0.39, 0.29) is 6.42 Å². The number of hydrogen-bond acceptors (Lipinski definition) is 4. The molecule has 1 unspecified atom stereocenters. The lowest BCUT2D eigenvalue weighted by molar-refractivity contribution is -0.139. The fourth-order valence-electron chi connectivity index (χ4n) is 1.03. The van der Waals surface area contributed by atoms with E-state index in [0.717, 1.165) is 9.35 Å². The van der Waals surface area contributed by atoms with E-state index in [1.165, 1.54) is 11.3 Å². The minimum Gasteiger partial charge on any atom is -0.481 e. The van der Waals surface area contributed by atoms with Crippen LogP contribution in [0.15, 0.2) is 15.9 Å². The molecule has 1 atom stereocenters. The molecular weight excluding hydrogens is 296 g/mol. The summed E-state index contributed by atoms with van der Waals surface area (Å²) in [6.45, 7) is 0.352. The first-order valence-corrected chi connectivity index (χ1v) is 6.15. The molecule has 4 N–H and O–H groups in total. The van der Waals surface area contributed by atoms with Crippen molar-refractivity contribution in [3.63, 3.8) is 0 Å². The summed E-state index contributed by atoms with van der Waals surface area (Å²) in [4.78, 5) is 22.7. The van der Waals surface area contributed by atoms with E-state index in [1.54, 1.807) is 0 Å². The lowest BCUT2D eigenvalue weighted by Crippen LogP contribution is -2.41. The van der Waals surface area contributed by atoms with Crippen molar-refractivity contribution in [3.8, 4) is 0 Å². The highest BCUT2D eigenvalue weighted by molar-refractivity contribution is 9.10.